The standard InChI is InChI=1S/C38H37N3O2/c1-26(38(42)41(25-31-16-10-21-39-37(31)43-2)32-23-29-13-3-4-14-30(29)24-32)40-22-20-28-12-6-8-18-34(28)36(40)35-19-9-15-27-11-5-7-17-33(27)35/h3-19,21,26,32,36H,20,22-25H2,1-2H3/t26-,36+/m0/s1. The number of methoxy groups -OCH3 is 1. The third-order valence-electron chi connectivity index (χ3n) is 9.43. The molecule has 0 spiro atoms. The largest absolute Gasteiger partial charge is 0.481 e. The number of nitrogens with zero attached hydrogens (tertiary/aromatic N) is 3. The van der Waals surface area contributed by atoms with E-state index in [1.54, 1.807) is 13.3 Å². The summed E-state index contributed by atoms with van der Waals surface area (Å²) >= 11 is 0. The summed E-state index contributed by atoms with van der Waals surface area (Å²) in [5.41, 5.74) is 7.49. The van der Waals surface area contributed by atoms with Crippen molar-refractivity contribution in [1.29, 1.82) is 0 Å². The second-order valence-corrected chi connectivity index (χ2v) is 11.8. The Hall–Kier alpha value is -4.48. The summed E-state index contributed by atoms with van der Waals surface area (Å²) in [4.78, 5) is 23.8. The average molecular weight is 568 g/mol. The molecule has 0 unspecified atom stereocenters. The fraction of sp³-hybridized carbons (Fsp3) is 0.263. The van der Waals surface area contributed by atoms with Gasteiger partial charge in [-0.15, -0.1) is 0 Å². The highest BCUT2D eigenvalue weighted by molar-refractivity contribution is 5.87. The van der Waals surface area contributed by atoms with Gasteiger partial charge in [0.1, 0.15) is 0 Å². The first kappa shape index (κ1) is 27.4. The van der Waals surface area contributed by atoms with Crippen molar-refractivity contribution >= 4 is 16.7 Å². The topological polar surface area (TPSA) is 45.7 Å². The van der Waals surface area contributed by atoms with E-state index in [1.807, 2.05) is 12.1 Å². The van der Waals surface area contributed by atoms with Gasteiger partial charge in [-0.2, -0.15) is 0 Å². The molecule has 2 heterocycles. The van der Waals surface area contributed by atoms with Crippen LogP contribution in [0.25, 0.3) is 10.8 Å². The maximum absolute atomic E-state index is 14.9. The van der Waals surface area contributed by atoms with Crippen LogP contribution in [-0.4, -0.2) is 46.4 Å². The van der Waals surface area contributed by atoms with Gasteiger partial charge in [0.15, 0.2) is 0 Å². The lowest BCUT2D eigenvalue weighted by Gasteiger charge is -2.43. The minimum Gasteiger partial charge on any atom is -0.481 e. The Labute approximate surface area is 253 Å². The molecule has 0 saturated heterocycles. The van der Waals surface area contributed by atoms with E-state index in [0.29, 0.717) is 12.4 Å². The molecule has 0 saturated carbocycles. The van der Waals surface area contributed by atoms with E-state index >= 15 is 0 Å². The molecule has 43 heavy (non-hydrogen) atoms. The monoisotopic (exact) mass is 567 g/mol. The zero-order valence-electron chi connectivity index (χ0n) is 24.8. The van der Waals surface area contributed by atoms with Gasteiger partial charge in [0.25, 0.3) is 0 Å². The molecule has 1 aliphatic carbocycles. The zero-order chi connectivity index (χ0) is 29.3. The molecule has 216 valence electrons. The third kappa shape index (κ3) is 5.08. The molecule has 2 aliphatic rings. The van der Waals surface area contributed by atoms with Crippen LogP contribution in [0.1, 0.15) is 46.3 Å². The van der Waals surface area contributed by atoms with Crippen molar-refractivity contribution in [2.45, 2.75) is 50.9 Å². The smallest absolute Gasteiger partial charge is 0.240 e. The summed E-state index contributed by atoms with van der Waals surface area (Å²) < 4.78 is 5.62. The maximum Gasteiger partial charge on any atom is 0.240 e. The summed E-state index contributed by atoms with van der Waals surface area (Å²) in [6.07, 6.45) is 4.36. The van der Waals surface area contributed by atoms with Crippen LogP contribution in [0.4, 0.5) is 0 Å². The molecule has 0 bridgehead atoms. The highest BCUT2D eigenvalue weighted by atomic mass is 16.5. The number of hydrogen-bond acceptors (Lipinski definition) is 4. The van der Waals surface area contributed by atoms with Crippen molar-refractivity contribution in [2.75, 3.05) is 13.7 Å². The van der Waals surface area contributed by atoms with Crippen molar-refractivity contribution in [1.82, 2.24) is 14.8 Å². The van der Waals surface area contributed by atoms with Crippen LogP contribution in [0.2, 0.25) is 0 Å². The van der Waals surface area contributed by atoms with E-state index in [-0.39, 0.29) is 24.0 Å². The van der Waals surface area contributed by atoms with Crippen LogP contribution in [0.5, 0.6) is 5.88 Å². The molecule has 0 radical (unpaired) electrons. The first-order valence-electron chi connectivity index (χ1n) is 15.3. The Morgan fingerprint density at radius 3 is 2.33 bits per heavy atom. The van der Waals surface area contributed by atoms with Crippen molar-refractivity contribution in [2.24, 2.45) is 0 Å². The van der Waals surface area contributed by atoms with Gasteiger partial charge < -0.3 is 9.64 Å². The van der Waals surface area contributed by atoms with Gasteiger partial charge in [0.05, 0.1) is 25.7 Å². The Kier molecular flexibility index (Phi) is 7.42. The van der Waals surface area contributed by atoms with Crippen molar-refractivity contribution in [3.63, 3.8) is 0 Å². The molecule has 5 heteroatoms. The average Bonchev–Trinajstić information content (AvgIpc) is 3.50. The Morgan fingerprint density at radius 1 is 0.860 bits per heavy atom. The Bertz CT molecular complexity index is 1750. The minimum atomic E-state index is -0.330. The molecule has 7 rings (SSSR count). The Morgan fingerprint density at radius 2 is 1.53 bits per heavy atom. The van der Waals surface area contributed by atoms with E-state index in [1.165, 1.54) is 38.6 Å². The zero-order valence-corrected chi connectivity index (χ0v) is 24.8. The van der Waals surface area contributed by atoms with Gasteiger partial charge in [0, 0.05) is 24.3 Å². The molecule has 1 aliphatic heterocycles. The lowest BCUT2D eigenvalue weighted by atomic mass is 9.85. The summed E-state index contributed by atoms with van der Waals surface area (Å²) in [5.74, 6) is 0.720. The number of amides is 1. The SMILES string of the molecule is COc1ncccc1CN(C(=O)[C@H](C)N1CCc2ccccc2[C@@H]1c1cccc2ccccc12)C1Cc2ccccc2C1. The molecule has 5 nitrogen and oxygen atoms in total. The number of hydrogen-bond donors (Lipinski definition) is 0. The molecule has 4 aromatic carbocycles. The van der Waals surface area contributed by atoms with Gasteiger partial charge in [-0.25, -0.2) is 4.98 Å². The van der Waals surface area contributed by atoms with Crippen LogP contribution in [0, 0.1) is 0 Å². The molecule has 1 aromatic heterocycles. The van der Waals surface area contributed by atoms with E-state index in [2.05, 4.69) is 113 Å². The minimum absolute atomic E-state index is 0.0226. The summed E-state index contributed by atoms with van der Waals surface area (Å²) in [6, 6.07) is 36.2. The summed E-state index contributed by atoms with van der Waals surface area (Å²) in [6.45, 7) is 3.37. The maximum atomic E-state index is 14.9. The van der Waals surface area contributed by atoms with Crippen LogP contribution in [0.3, 0.4) is 0 Å². The van der Waals surface area contributed by atoms with Gasteiger partial charge in [0.2, 0.25) is 11.8 Å². The second kappa shape index (κ2) is 11.7. The summed E-state index contributed by atoms with van der Waals surface area (Å²) in [5, 5.41) is 2.45. The van der Waals surface area contributed by atoms with Gasteiger partial charge in [-0.1, -0.05) is 97.1 Å². The molecular weight excluding hydrogens is 530 g/mol. The fourth-order valence-corrected chi connectivity index (χ4v) is 7.27. The first-order chi connectivity index (χ1) is 21.1. The first-order valence-corrected chi connectivity index (χ1v) is 15.3. The summed E-state index contributed by atoms with van der Waals surface area (Å²) in [7, 11) is 1.64. The number of aromatic nitrogens is 1. The number of rotatable bonds is 7. The molecule has 0 N–H and O–H groups in total. The van der Waals surface area contributed by atoms with E-state index in [4.69, 9.17) is 4.74 Å². The number of benzene rings is 4. The van der Waals surface area contributed by atoms with E-state index in [0.717, 1.165) is 31.4 Å². The van der Waals surface area contributed by atoms with E-state index < -0.39 is 0 Å². The van der Waals surface area contributed by atoms with Gasteiger partial charge in [-0.05, 0) is 70.8 Å². The van der Waals surface area contributed by atoms with Gasteiger partial charge in [-0.3, -0.25) is 9.69 Å². The van der Waals surface area contributed by atoms with Crippen molar-refractivity contribution < 1.29 is 9.53 Å². The number of fused-ring (bicyclic) bond motifs is 3. The Balaban J connectivity index is 1.28. The second-order valence-electron chi connectivity index (χ2n) is 11.8. The molecule has 0 fully saturated rings. The van der Waals surface area contributed by atoms with Crippen LogP contribution in [-0.2, 0) is 30.6 Å². The third-order valence-corrected chi connectivity index (χ3v) is 9.43. The fourth-order valence-electron chi connectivity index (χ4n) is 7.27. The predicted octanol–water partition coefficient (Wildman–Crippen LogP) is 6.78. The predicted molar refractivity (Wildman–Crippen MR) is 171 cm³/mol. The molecule has 2 atom stereocenters. The molecule has 1 amide bonds. The van der Waals surface area contributed by atoms with Crippen molar-refractivity contribution in [3.05, 3.63) is 143 Å². The molecular formula is C38H37N3O2. The highest BCUT2D eigenvalue weighted by Crippen LogP contribution is 2.40. The lowest BCUT2D eigenvalue weighted by Crippen LogP contribution is -2.53. The quantitative estimate of drug-likeness (QED) is 0.218. The number of ether oxygens (including phenoxy) is 1. The molecule has 5 aromatic rings. The normalized spacial score (nSPS) is 17.3. The van der Waals surface area contributed by atoms with Crippen molar-refractivity contribution in [3.8, 4) is 5.88 Å². The van der Waals surface area contributed by atoms with E-state index in [9.17, 15) is 4.79 Å². The van der Waals surface area contributed by atoms with Crippen LogP contribution in [0.15, 0.2) is 109 Å². The number of carbonyl (C=O) groups is 1. The highest BCUT2D eigenvalue weighted by Gasteiger charge is 2.39. The van der Waals surface area contributed by atoms with Crippen LogP contribution < -0.4 is 4.74 Å². The lowest BCUT2D eigenvalue weighted by molar-refractivity contribution is -0.140. The number of carbonyl (C=O) groups excluding carboxylic acids is 1. The van der Waals surface area contributed by atoms with Crippen LogP contribution >= 0.6 is 0 Å². The number of pyridine rings is 1. The van der Waals surface area contributed by atoms with Gasteiger partial charge >= 0.3 is 0 Å².